The fourth-order valence-electron chi connectivity index (χ4n) is 2.16. The fraction of sp³-hybridized carbons (Fsp3) is 0.588. The molecule has 0 aliphatic rings. The molecule has 0 saturated carbocycles. The van der Waals surface area contributed by atoms with Gasteiger partial charge in [0.05, 0.1) is 11.4 Å². The molecule has 1 rings (SSSR count). The minimum absolute atomic E-state index is 0.113. The molecule has 6 nitrogen and oxygen atoms in total. The standard InChI is InChI=1S/C17H30N4O2S/c1-5-19-17(21-14(4)7-6-13(2)3)20-12-15-8-10-16(11-9-15)24(18,22)23/h8-11,13-14H,5-7,12H2,1-4H3,(H2,18,22,23)(H2,19,20,21). The van der Waals surface area contributed by atoms with Crippen molar-refractivity contribution in [3.8, 4) is 0 Å². The molecule has 0 spiro atoms. The van der Waals surface area contributed by atoms with E-state index in [1.165, 1.54) is 18.6 Å². The Balaban J connectivity index is 2.68. The maximum atomic E-state index is 11.3. The third kappa shape index (κ3) is 7.79. The van der Waals surface area contributed by atoms with Crippen molar-refractivity contribution in [3.05, 3.63) is 29.8 Å². The number of guanidine groups is 1. The van der Waals surface area contributed by atoms with Gasteiger partial charge in [0.2, 0.25) is 10.0 Å². The Bertz CT molecular complexity index is 624. The summed E-state index contributed by atoms with van der Waals surface area (Å²) in [4.78, 5) is 4.67. The second-order valence-corrected chi connectivity index (χ2v) is 7.96. The number of rotatable bonds is 8. The zero-order valence-electron chi connectivity index (χ0n) is 15.0. The van der Waals surface area contributed by atoms with E-state index in [-0.39, 0.29) is 4.90 Å². The van der Waals surface area contributed by atoms with Gasteiger partial charge in [-0.2, -0.15) is 0 Å². The van der Waals surface area contributed by atoms with Crippen LogP contribution >= 0.6 is 0 Å². The molecule has 0 aliphatic heterocycles. The molecule has 7 heteroatoms. The van der Waals surface area contributed by atoms with Gasteiger partial charge in [-0.05, 0) is 50.3 Å². The molecule has 4 N–H and O–H groups in total. The Labute approximate surface area is 146 Å². The van der Waals surface area contributed by atoms with E-state index in [9.17, 15) is 8.42 Å². The quantitative estimate of drug-likeness (QED) is 0.492. The average Bonchev–Trinajstić information content (AvgIpc) is 2.50. The van der Waals surface area contributed by atoms with Crippen LogP contribution in [0.3, 0.4) is 0 Å². The van der Waals surface area contributed by atoms with Crippen LogP contribution in [0, 0.1) is 5.92 Å². The summed E-state index contributed by atoms with van der Waals surface area (Å²) in [6, 6.07) is 6.82. The summed E-state index contributed by atoms with van der Waals surface area (Å²) in [5, 5.41) is 11.7. The summed E-state index contributed by atoms with van der Waals surface area (Å²) in [7, 11) is -3.65. The number of primary sulfonamides is 1. The highest BCUT2D eigenvalue weighted by Crippen LogP contribution is 2.10. The van der Waals surface area contributed by atoms with Crippen LogP contribution in [-0.4, -0.2) is 27.0 Å². The summed E-state index contributed by atoms with van der Waals surface area (Å²) >= 11 is 0. The number of hydrogen-bond donors (Lipinski definition) is 3. The van der Waals surface area contributed by atoms with Crippen molar-refractivity contribution in [3.63, 3.8) is 0 Å². The molecule has 1 atom stereocenters. The lowest BCUT2D eigenvalue weighted by molar-refractivity contribution is 0.489. The van der Waals surface area contributed by atoms with Crippen LogP contribution in [0.4, 0.5) is 0 Å². The number of sulfonamides is 1. The molecule has 24 heavy (non-hydrogen) atoms. The van der Waals surface area contributed by atoms with Crippen LogP contribution in [-0.2, 0) is 16.6 Å². The number of benzene rings is 1. The van der Waals surface area contributed by atoms with Crippen molar-refractivity contribution in [1.29, 1.82) is 0 Å². The van der Waals surface area contributed by atoms with E-state index < -0.39 is 10.0 Å². The molecule has 0 heterocycles. The van der Waals surface area contributed by atoms with E-state index in [2.05, 4.69) is 36.4 Å². The van der Waals surface area contributed by atoms with Crippen molar-refractivity contribution >= 4 is 16.0 Å². The number of hydrogen-bond acceptors (Lipinski definition) is 3. The molecule has 0 radical (unpaired) electrons. The van der Waals surface area contributed by atoms with E-state index >= 15 is 0 Å². The third-order valence-electron chi connectivity index (χ3n) is 3.58. The molecule has 0 bridgehead atoms. The van der Waals surface area contributed by atoms with Gasteiger partial charge in [0.25, 0.3) is 0 Å². The zero-order chi connectivity index (χ0) is 18.2. The smallest absolute Gasteiger partial charge is 0.238 e. The highest BCUT2D eigenvalue weighted by Gasteiger charge is 2.08. The monoisotopic (exact) mass is 354 g/mol. The van der Waals surface area contributed by atoms with Gasteiger partial charge in [-0.1, -0.05) is 26.0 Å². The minimum Gasteiger partial charge on any atom is -0.357 e. The van der Waals surface area contributed by atoms with Gasteiger partial charge in [0, 0.05) is 12.6 Å². The largest absolute Gasteiger partial charge is 0.357 e. The molecule has 136 valence electrons. The number of nitrogens with zero attached hydrogens (tertiary/aromatic N) is 1. The summed E-state index contributed by atoms with van der Waals surface area (Å²) in [6.07, 6.45) is 2.26. The van der Waals surface area contributed by atoms with Gasteiger partial charge in [-0.15, -0.1) is 0 Å². The fourth-order valence-corrected chi connectivity index (χ4v) is 2.68. The second-order valence-electron chi connectivity index (χ2n) is 6.40. The molecule has 1 aromatic rings. The van der Waals surface area contributed by atoms with Gasteiger partial charge < -0.3 is 10.6 Å². The molecular weight excluding hydrogens is 324 g/mol. The van der Waals surface area contributed by atoms with Gasteiger partial charge in [0.1, 0.15) is 0 Å². The van der Waals surface area contributed by atoms with Crippen molar-refractivity contribution in [2.24, 2.45) is 16.0 Å². The highest BCUT2D eigenvalue weighted by molar-refractivity contribution is 7.89. The predicted molar refractivity (Wildman–Crippen MR) is 99.3 cm³/mol. The number of nitrogens with two attached hydrogens (primary N) is 1. The topological polar surface area (TPSA) is 96.6 Å². The highest BCUT2D eigenvalue weighted by atomic mass is 32.2. The van der Waals surface area contributed by atoms with Gasteiger partial charge in [-0.3, -0.25) is 0 Å². The van der Waals surface area contributed by atoms with Gasteiger partial charge in [-0.25, -0.2) is 18.5 Å². The van der Waals surface area contributed by atoms with Crippen LogP contribution in [0.2, 0.25) is 0 Å². The van der Waals surface area contributed by atoms with Crippen LogP contribution < -0.4 is 15.8 Å². The minimum atomic E-state index is -3.65. The first-order valence-electron chi connectivity index (χ1n) is 8.39. The molecule has 0 amide bonds. The number of aliphatic imine (C=N–C) groups is 1. The molecular formula is C17H30N4O2S. The Morgan fingerprint density at radius 2 is 1.79 bits per heavy atom. The third-order valence-corrected chi connectivity index (χ3v) is 4.51. The maximum absolute atomic E-state index is 11.3. The van der Waals surface area contributed by atoms with Crippen LogP contribution in [0.1, 0.15) is 46.1 Å². The van der Waals surface area contributed by atoms with E-state index in [4.69, 9.17) is 5.14 Å². The van der Waals surface area contributed by atoms with Crippen molar-refractivity contribution < 1.29 is 8.42 Å². The van der Waals surface area contributed by atoms with E-state index in [1.54, 1.807) is 12.1 Å². The second kappa shape index (κ2) is 9.64. The lowest BCUT2D eigenvalue weighted by atomic mass is 10.0. The average molecular weight is 355 g/mol. The van der Waals surface area contributed by atoms with E-state index in [1.807, 2.05) is 6.92 Å². The molecule has 0 aromatic heterocycles. The Kier molecular flexibility index (Phi) is 8.21. The Hall–Kier alpha value is -1.60. The Morgan fingerprint density at radius 3 is 2.29 bits per heavy atom. The molecule has 0 fully saturated rings. The van der Waals surface area contributed by atoms with Crippen LogP contribution in [0.25, 0.3) is 0 Å². The van der Waals surface area contributed by atoms with Crippen LogP contribution in [0.15, 0.2) is 34.2 Å². The first kappa shape index (κ1) is 20.4. The van der Waals surface area contributed by atoms with Crippen molar-refractivity contribution in [2.75, 3.05) is 6.54 Å². The summed E-state index contributed by atoms with van der Waals surface area (Å²) < 4.78 is 22.5. The first-order chi connectivity index (χ1) is 11.2. The number of nitrogens with one attached hydrogen (secondary N) is 2. The lowest BCUT2D eigenvalue weighted by Gasteiger charge is -2.18. The van der Waals surface area contributed by atoms with E-state index in [0.29, 0.717) is 18.5 Å². The first-order valence-corrected chi connectivity index (χ1v) is 9.93. The van der Waals surface area contributed by atoms with Crippen molar-refractivity contribution in [1.82, 2.24) is 10.6 Å². The van der Waals surface area contributed by atoms with Crippen molar-refractivity contribution in [2.45, 2.75) is 58.0 Å². The normalized spacial score (nSPS) is 13.8. The molecule has 1 aromatic carbocycles. The molecule has 1 unspecified atom stereocenters. The molecule has 0 saturated heterocycles. The molecule has 0 aliphatic carbocycles. The van der Waals surface area contributed by atoms with Gasteiger partial charge in [0.15, 0.2) is 5.96 Å². The maximum Gasteiger partial charge on any atom is 0.238 e. The van der Waals surface area contributed by atoms with Gasteiger partial charge >= 0.3 is 0 Å². The lowest BCUT2D eigenvalue weighted by Crippen LogP contribution is -2.42. The van der Waals surface area contributed by atoms with E-state index in [0.717, 1.165) is 24.5 Å². The zero-order valence-corrected chi connectivity index (χ0v) is 15.9. The van der Waals surface area contributed by atoms with Crippen LogP contribution in [0.5, 0.6) is 0 Å². The summed E-state index contributed by atoms with van der Waals surface area (Å²) in [6.45, 7) is 9.87. The summed E-state index contributed by atoms with van der Waals surface area (Å²) in [5.41, 5.74) is 0.925. The SMILES string of the molecule is CCNC(=NCc1ccc(S(N)(=O)=O)cc1)NC(C)CCC(C)C. The Morgan fingerprint density at radius 1 is 1.17 bits per heavy atom. The summed E-state index contributed by atoms with van der Waals surface area (Å²) in [5.74, 6) is 1.45. The predicted octanol–water partition coefficient (Wildman–Crippen LogP) is 2.21.